The maximum absolute atomic E-state index is 12.1. The van der Waals surface area contributed by atoms with Crippen LogP contribution in [0.25, 0.3) is 0 Å². The number of rotatable bonds is 6. The average Bonchev–Trinajstić information content (AvgIpc) is 2.27. The first-order chi connectivity index (χ1) is 8.40. The van der Waals surface area contributed by atoms with Gasteiger partial charge in [0.2, 0.25) is 0 Å². The summed E-state index contributed by atoms with van der Waals surface area (Å²) in [4.78, 5) is 22.7. The Labute approximate surface area is 102 Å². The molecule has 0 spiro atoms. The van der Waals surface area contributed by atoms with Crippen LogP contribution in [0.15, 0.2) is 24.3 Å². The highest BCUT2D eigenvalue weighted by Gasteiger charge is 2.14. The third-order valence-electron chi connectivity index (χ3n) is 2.26. The van der Waals surface area contributed by atoms with E-state index < -0.39 is 17.9 Å². The highest BCUT2D eigenvalue weighted by molar-refractivity contribution is 5.97. The molecule has 0 aromatic heterocycles. The molecule has 0 aliphatic carbocycles. The van der Waals surface area contributed by atoms with E-state index in [1.807, 2.05) is 0 Å². The lowest BCUT2D eigenvalue weighted by atomic mass is 10.1. The minimum atomic E-state index is -2.50. The predicted molar refractivity (Wildman–Crippen MR) is 60.9 cm³/mol. The Morgan fingerprint density at radius 2 is 1.94 bits per heavy atom. The van der Waals surface area contributed by atoms with Gasteiger partial charge in [0, 0.05) is 17.7 Å². The van der Waals surface area contributed by atoms with Crippen molar-refractivity contribution >= 4 is 11.5 Å². The molecule has 0 saturated heterocycles. The summed E-state index contributed by atoms with van der Waals surface area (Å²) in [7, 11) is 1.41. The molecule has 1 aromatic rings. The van der Waals surface area contributed by atoms with E-state index in [4.69, 9.17) is 0 Å². The Balaban J connectivity index is 2.64. The Hall–Kier alpha value is -1.89. The Morgan fingerprint density at radius 3 is 2.39 bits per heavy atom. The minimum Gasteiger partial charge on any atom is -0.293 e. The molecule has 0 N–H and O–H groups in total. The highest BCUT2D eigenvalue weighted by Crippen LogP contribution is 2.12. The van der Waals surface area contributed by atoms with E-state index in [-0.39, 0.29) is 23.6 Å². The number of benzene rings is 1. The van der Waals surface area contributed by atoms with Gasteiger partial charge in [0.15, 0.2) is 5.78 Å². The predicted octanol–water partition coefficient (Wildman–Crippen LogP) is 1.97. The lowest BCUT2D eigenvalue weighted by molar-refractivity contribution is -0.384. The van der Waals surface area contributed by atoms with Gasteiger partial charge in [-0.2, -0.15) is 0 Å². The molecule has 7 heteroatoms. The zero-order valence-corrected chi connectivity index (χ0v) is 9.68. The van der Waals surface area contributed by atoms with E-state index in [2.05, 4.69) is 0 Å². The van der Waals surface area contributed by atoms with Crippen LogP contribution in [-0.4, -0.2) is 42.2 Å². The Kier molecular flexibility index (Phi) is 4.85. The van der Waals surface area contributed by atoms with Crippen LogP contribution in [-0.2, 0) is 0 Å². The summed E-state index contributed by atoms with van der Waals surface area (Å²) < 4.78 is 24.1. The topological polar surface area (TPSA) is 63.5 Å². The van der Waals surface area contributed by atoms with E-state index >= 15 is 0 Å². The fourth-order valence-corrected chi connectivity index (χ4v) is 1.41. The lowest BCUT2D eigenvalue weighted by Crippen LogP contribution is -2.30. The zero-order chi connectivity index (χ0) is 13.7. The van der Waals surface area contributed by atoms with Gasteiger partial charge in [-0.1, -0.05) is 0 Å². The van der Waals surface area contributed by atoms with Crippen molar-refractivity contribution in [2.75, 3.05) is 20.1 Å². The van der Waals surface area contributed by atoms with Gasteiger partial charge in [-0.3, -0.25) is 19.8 Å². The summed E-state index contributed by atoms with van der Waals surface area (Å²) in [5.41, 5.74) is 0.147. The molecule has 0 radical (unpaired) electrons. The van der Waals surface area contributed by atoms with Crippen LogP contribution in [0.3, 0.4) is 0 Å². The number of carbonyl (C=O) groups is 1. The number of nitro benzene ring substituents is 1. The van der Waals surface area contributed by atoms with Gasteiger partial charge in [0.1, 0.15) is 0 Å². The number of nitrogens with zero attached hydrogens (tertiary/aromatic N) is 2. The second-order valence-corrected chi connectivity index (χ2v) is 3.81. The first-order valence-electron chi connectivity index (χ1n) is 5.14. The number of Topliss-reactive ketones (excluding diaryl/α,β-unsaturated/α-hetero) is 1. The SMILES string of the molecule is CN(CC(=O)c1ccc([N+](=O)[O-])cc1)CC(F)F. The molecule has 0 atom stereocenters. The molecule has 0 bridgehead atoms. The van der Waals surface area contributed by atoms with Crippen molar-refractivity contribution in [1.82, 2.24) is 4.90 Å². The van der Waals surface area contributed by atoms with Crippen LogP contribution in [0.5, 0.6) is 0 Å². The maximum atomic E-state index is 12.1. The van der Waals surface area contributed by atoms with Crippen LogP contribution < -0.4 is 0 Å². The summed E-state index contributed by atoms with van der Waals surface area (Å²) in [6, 6.07) is 5.05. The molecule has 0 amide bonds. The first-order valence-corrected chi connectivity index (χ1v) is 5.14. The van der Waals surface area contributed by atoms with E-state index in [0.29, 0.717) is 0 Å². The van der Waals surface area contributed by atoms with Crippen molar-refractivity contribution in [3.05, 3.63) is 39.9 Å². The number of alkyl halides is 2. The Morgan fingerprint density at radius 1 is 1.39 bits per heavy atom. The summed E-state index contributed by atoms with van der Waals surface area (Å²) in [5, 5.41) is 10.4. The van der Waals surface area contributed by atoms with Gasteiger partial charge in [-0.15, -0.1) is 0 Å². The molecular weight excluding hydrogens is 246 g/mol. The maximum Gasteiger partial charge on any atom is 0.269 e. The first kappa shape index (κ1) is 14.2. The number of hydrogen-bond acceptors (Lipinski definition) is 4. The number of ketones is 1. The van der Waals surface area contributed by atoms with Crippen molar-refractivity contribution in [3.63, 3.8) is 0 Å². The molecule has 18 heavy (non-hydrogen) atoms. The standard InChI is InChI=1S/C11H12F2N2O3/c1-14(7-11(12)13)6-10(16)8-2-4-9(5-3-8)15(17)18/h2-5,11H,6-7H2,1H3. The normalized spacial score (nSPS) is 10.9. The van der Waals surface area contributed by atoms with Gasteiger partial charge < -0.3 is 0 Å². The summed E-state index contributed by atoms with van der Waals surface area (Å²) >= 11 is 0. The lowest BCUT2D eigenvalue weighted by Gasteiger charge is -2.14. The van der Waals surface area contributed by atoms with Crippen LogP contribution in [0.4, 0.5) is 14.5 Å². The number of hydrogen-bond donors (Lipinski definition) is 0. The van der Waals surface area contributed by atoms with E-state index in [9.17, 15) is 23.7 Å². The number of non-ortho nitro benzene ring substituents is 1. The van der Waals surface area contributed by atoms with Gasteiger partial charge in [0.25, 0.3) is 12.1 Å². The fourth-order valence-electron chi connectivity index (χ4n) is 1.41. The Bertz CT molecular complexity index is 434. The van der Waals surface area contributed by atoms with E-state index in [1.165, 1.54) is 36.2 Å². The van der Waals surface area contributed by atoms with E-state index in [0.717, 1.165) is 0 Å². The average molecular weight is 258 g/mol. The van der Waals surface area contributed by atoms with Crippen molar-refractivity contribution in [2.24, 2.45) is 0 Å². The third kappa shape index (κ3) is 4.17. The number of likely N-dealkylation sites (N-methyl/N-ethyl adjacent to an activating group) is 1. The van der Waals surface area contributed by atoms with Gasteiger partial charge in [-0.25, -0.2) is 8.78 Å². The van der Waals surface area contributed by atoms with Crippen molar-refractivity contribution < 1.29 is 18.5 Å². The van der Waals surface area contributed by atoms with E-state index in [1.54, 1.807) is 0 Å². The summed E-state index contributed by atoms with van der Waals surface area (Å²) in [5.74, 6) is -0.354. The fraction of sp³-hybridized carbons (Fsp3) is 0.364. The second-order valence-electron chi connectivity index (χ2n) is 3.81. The third-order valence-corrected chi connectivity index (χ3v) is 2.26. The summed E-state index contributed by atoms with van der Waals surface area (Å²) in [6.45, 7) is -0.638. The number of nitro groups is 1. The quantitative estimate of drug-likeness (QED) is 0.444. The number of halogens is 2. The molecule has 1 aromatic carbocycles. The van der Waals surface area contributed by atoms with Gasteiger partial charge >= 0.3 is 0 Å². The molecular formula is C11H12F2N2O3. The smallest absolute Gasteiger partial charge is 0.269 e. The molecule has 0 unspecified atom stereocenters. The molecule has 0 fully saturated rings. The van der Waals surface area contributed by atoms with Crippen molar-refractivity contribution in [1.29, 1.82) is 0 Å². The summed E-state index contributed by atoms with van der Waals surface area (Å²) in [6.07, 6.45) is -2.50. The zero-order valence-electron chi connectivity index (χ0n) is 9.68. The largest absolute Gasteiger partial charge is 0.293 e. The monoisotopic (exact) mass is 258 g/mol. The molecule has 5 nitrogen and oxygen atoms in total. The van der Waals surface area contributed by atoms with Crippen LogP contribution in [0.2, 0.25) is 0 Å². The molecule has 1 rings (SSSR count). The molecule has 0 saturated carbocycles. The highest BCUT2D eigenvalue weighted by atomic mass is 19.3. The van der Waals surface area contributed by atoms with Gasteiger partial charge in [0.05, 0.1) is 18.0 Å². The molecule has 0 aliphatic rings. The van der Waals surface area contributed by atoms with Crippen LogP contribution >= 0.6 is 0 Å². The minimum absolute atomic E-state index is 0.118. The van der Waals surface area contributed by atoms with Crippen LogP contribution in [0, 0.1) is 10.1 Å². The number of carbonyl (C=O) groups excluding carboxylic acids is 1. The van der Waals surface area contributed by atoms with Gasteiger partial charge in [-0.05, 0) is 19.2 Å². The van der Waals surface area contributed by atoms with Crippen molar-refractivity contribution in [2.45, 2.75) is 6.43 Å². The van der Waals surface area contributed by atoms with Crippen molar-refractivity contribution in [3.8, 4) is 0 Å². The second kappa shape index (κ2) is 6.15. The molecule has 0 heterocycles. The molecule has 0 aliphatic heterocycles. The van der Waals surface area contributed by atoms with Crippen LogP contribution in [0.1, 0.15) is 10.4 Å². The molecule has 98 valence electrons.